The molecule has 3 heterocycles. The number of thiazole rings is 1. The lowest BCUT2D eigenvalue weighted by Crippen LogP contribution is -2.21. The molecule has 0 unspecified atom stereocenters. The van der Waals surface area contributed by atoms with E-state index in [0.29, 0.717) is 11.4 Å². The van der Waals surface area contributed by atoms with Gasteiger partial charge in [0.2, 0.25) is 0 Å². The van der Waals surface area contributed by atoms with Crippen LogP contribution < -0.4 is 10.6 Å². The molecule has 0 aliphatic carbocycles. The van der Waals surface area contributed by atoms with Crippen molar-refractivity contribution in [3.05, 3.63) is 71.4 Å². The van der Waals surface area contributed by atoms with Gasteiger partial charge < -0.3 is 10.6 Å². The van der Waals surface area contributed by atoms with Crippen molar-refractivity contribution in [1.29, 1.82) is 0 Å². The maximum atomic E-state index is 12.3. The van der Waals surface area contributed by atoms with Gasteiger partial charge in [0.05, 0.1) is 9.58 Å². The molecule has 4 rings (SSSR count). The van der Waals surface area contributed by atoms with Gasteiger partial charge in [0, 0.05) is 24.6 Å². The Balaban J connectivity index is 1.44. The molecule has 5 nitrogen and oxygen atoms in total. The van der Waals surface area contributed by atoms with Crippen LogP contribution in [0, 0.1) is 0 Å². The zero-order valence-electron chi connectivity index (χ0n) is 13.1. The van der Waals surface area contributed by atoms with Crippen LogP contribution in [0.1, 0.15) is 15.2 Å². The van der Waals surface area contributed by atoms with Gasteiger partial charge in [-0.15, -0.1) is 11.3 Å². The average molecular weight is 366 g/mol. The molecular weight excluding hydrogens is 352 g/mol. The number of nitrogens with zero attached hydrogens (tertiary/aromatic N) is 2. The second-order valence-electron chi connectivity index (χ2n) is 5.33. The fourth-order valence-corrected chi connectivity index (χ4v) is 4.37. The number of aromatic nitrogens is 2. The maximum Gasteiger partial charge on any atom is 0.261 e. The first-order chi connectivity index (χ1) is 12.3. The van der Waals surface area contributed by atoms with E-state index >= 15 is 0 Å². The summed E-state index contributed by atoms with van der Waals surface area (Å²) in [7, 11) is 0. The average Bonchev–Trinajstić information content (AvgIpc) is 3.20. The van der Waals surface area contributed by atoms with Crippen LogP contribution in [0.2, 0.25) is 0 Å². The number of hydrogen-bond acceptors (Lipinski definition) is 6. The van der Waals surface area contributed by atoms with Gasteiger partial charge in [-0.2, -0.15) is 0 Å². The summed E-state index contributed by atoms with van der Waals surface area (Å²) < 4.78 is 1.01. The molecule has 0 saturated heterocycles. The molecule has 0 fully saturated rings. The minimum Gasteiger partial charge on any atom is -0.347 e. The molecule has 4 aromatic rings. The summed E-state index contributed by atoms with van der Waals surface area (Å²) in [6, 6.07) is 15.6. The topological polar surface area (TPSA) is 66.9 Å². The molecule has 0 aliphatic heterocycles. The molecule has 1 amide bonds. The van der Waals surface area contributed by atoms with Crippen molar-refractivity contribution in [1.82, 2.24) is 15.3 Å². The number of hydrogen-bond donors (Lipinski definition) is 2. The summed E-state index contributed by atoms with van der Waals surface area (Å²) in [5.41, 5.74) is 1.97. The second kappa shape index (κ2) is 7.00. The van der Waals surface area contributed by atoms with Crippen molar-refractivity contribution in [3.8, 4) is 0 Å². The number of nitrogens with one attached hydrogen (secondary N) is 2. The summed E-state index contributed by atoms with van der Waals surface area (Å²) in [6.45, 7) is 0.465. The third-order valence-corrected chi connectivity index (χ3v) is 5.59. The minimum absolute atomic E-state index is 0.0865. The highest BCUT2D eigenvalue weighted by atomic mass is 32.1. The van der Waals surface area contributed by atoms with E-state index in [2.05, 4.69) is 20.6 Å². The Labute approximate surface area is 152 Å². The van der Waals surface area contributed by atoms with E-state index in [1.165, 1.54) is 11.3 Å². The molecular formula is C18H14N4OS2. The van der Waals surface area contributed by atoms with Crippen LogP contribution in [0.15, 0.2) is 60.9 Å². The summed E-state index contributed by atoms with van der Waals surface area (Å²) in [5.74, 6) is -0.0865. The predicted octanol–water partition coefficient (Wildman–Crippen LogP) is 4.43. The normalized spacial score (nSPS) is 10.7. The molecule has 3 aromatic heterocycles. The Morgan fingerprint density at radius 3 is 2.72 bits per heavy atom. The Bertz CT molecular complexity index is 964. The zero-order chi connectivity index (χ0) is 17.1. The van der Waals surface area contributed by atoms with E-state index in [0.717, 1.165) is 25.9 Å². The number of pyridine rings is 1. The van der Waals surface area contributed by atoms with Crippen LogP contribution in [0.25, 0.3) is 9.53 Å². The van der Waals surface area contributed by atoms with Crippen LogP contribution >= 0.6 is 22.7 Å². The largest absolute Gasteiger partial charge is 0.347 e. The van der Waals surface area contributed by atoms with E-state index in [1.807, 2.05) is 48.5 Å². The smallest absolute Gasteiger partial charge is 0.261 e. The van der Waals surface area contributed by atoms with Gasteiger partial charge in [0.1, 0.15) is 4.83 Å². The Hall–Kier alpha value is -2.77. The molecule has 1 aromatic carbocycles. The number of thiophene rings is 1. The monoisotopic (exact) mass is 366 g/mol. The fourth-order valence-electron chi connectivity index (χ4n) is 2.32. The number of benzene rings is 1. The van der Waals surface area contributed by atoms with Crippen molar-refractivity contribution >= 4 is 48.9 Å². The molecule has 0 atom stereocenters. The van der Waals surface area contributed by atoms with Crippen molar-refractivity contribution in [2.24, 2.45) is 0 Å². The molecule has 0 aliphatic rings. The first-order valence-corrected chi connectivity index (χ1v) is 9.31. The van der Waals surface area contributed by atoms with Crippen molar-refractivity contribution in [2.45, 2.75) is 6.54 Å². The molecule has 0 bridgehead atoms. The number of anilines is 2. The minimum atomic E-state index is -0.0865. The molecule has 7 heteroatoms. The van der Waals surface area contributed by atoms with Crippen LogP contribution in [0.4, 0.5) is 10.8 Å². The van der Waals surface area contributed by atoms with Crippen LogP contribution in [0.3, 0.4) is 0 Å². The lowest BCUT2D eigenvalue weighted by atomic mass is 10.3. The van der Waals surface area contributed by atoms with Crippen molar-refractivity contribution < 1.29 is 4.79 Å². The third kappa shape index (κ3) is 3.67. The van der Waals surface area contributed by atoms with Crippen molar-refractivity contribution in [2.75, 3.05) is 5.32 Å². The maximum absolute atomic E-state index is 12.3. The highest BCUT2D eigenvalue weighted by Gasteiger charge is 2.14. The van der Waals surface area contributed by atoms with E-state index in [4.69, 9.17) is 0 Å². The number of para-hydroxylation sites is 1. The first kappa shape index (κ1) is 15.7. The van der Waals surface area contributed by atoms with Gasteiger partial charge in [0.25, 0.3) is 5.91 Å². The highest BCUT2D eigenvalue weighted by molar-refractivity contribution is 7.29. The highest BCUT2D eigenvalue weighted by Crippen LogP contribution is 2.34. The summed E-state index contributed by atoms with van der Waals surface area (Å²) in [5, 5.41) is 7.02. The Morgan fingerprint density at radius 2 is 1.96 bits per heavy atom. The fraction of sp³-hybridized carbons (Fsp3) is 0.0556. The van der Waals surface area contributed by atoms with Crippen LogP contribution in [-0.2, 0) is 6.54 Å². The zero-order valence-corrected chi connectivity index (χ0v) is 14.7. The standard InChI is InChI=1S/C18H14N4OS2/c23-16(20-11-12-5-4-8-19-10-12)14-9-15-17(24-14)22-18(25-15)21-13-6-2-1-3-7-13/h1-10H,11H2,(H,20,23)(H,21,22). The van der Waals surface area contributed by atoms with Gasteiger partial charge in [-0.25, -0.2) is 4.98 Å². The van der Waals surface area contributed by atoms with Crippen molar-refractivity contribution in [3.63, 3.8) is 0 Å². The summed E-state index contributed by atoms with van der Waals surface area (Å²) in [6.07, 6.45) is 3.46. The molecule has 0 radical (unpaired) electrons. The number of amides is 1. The molecule has 0 saturated carbocycles. The Kier molecular flexibility index (Phi) is 4.41. The first-order valence-electron chi connectivity index (χ1n) is 7.67. The lowest BCUT2D eigenvalue weighted by Gasteiger charge is -2.02. The summed E-state index contributed by atoms with van der Waals surface area (Å²) in [4.78, 5) is 22.4. The quantitative estimate of drug-likeness (QED) is 0.548. The lowest BCUT2D eigenvalue weighted by molar-refractivity contribution is 0.0955. The van der Waals surface area contributed by atoms with Gasteiger partial charge in [0.15, 0.2) is 5.13 Å². The number of carbonyl (C=O) groups is 1. The molecule has 0 spiro atoms. The molecule has 2 N–H and O–H groups in total. The van der Waals surface area contributed by atoms with E-state index in [1.54, 1.807) is 23.7 Å². The van der Waals surface area contributed by atoms with E-state index < -0.39 is 0 Å². The number of fused-ring (bicyclic) bond motifs is 1. The van der Waals surface area contributed by atoms with Gasteiger partial charge in [-0.3, -0.25) is 9.78 Å². The van der Waals surface area contributed by atoms with E-state index in [-0.39, 0.29) is 5.91 Å². The Morgan fingerprint density at radius 1 is 1.08 bits per heavy atom. The SMILES string of the molecule is O=C(NCc1cccnc1)c1cc2sc(Nc3ccccc3)nc2s1. The van der Waals surface area contributed by atoms with Crippen LogP contribution in [0.5, 0.6) is 0 Å². The number of rotatable bonds is 5. The molecule has 25 heavy (non-hydrogen) atoms. The van der Waals surface area contributed by atoms with Crippen LogP contribution in [-0.4, -0.2) is 15.9 Å². The van der Waals surface area contributed by atoms with Gasteiger partial charge >= 0.3 is 0 Å². The second-order valence-corrected chi connectivity index (χ2v) is 7.40. The predicted molar refractivity (Wildman–Crippen MR) is 103 cm³/mol. The molecule has 124 valence electrons. The van der Waals surface area contributed by atoms with Gasteiger partial charge in [-0.1, -0.05) is 35.6 Å². The summed E-state index contributed by atoms with van der Waals surface area (Å²) >= 11 is 2.95. The van der Waals surface area contributed by atoms with E-state index in [9.17, 15) is 4.79 Å². The third-order valence-electron chi connectivity index (χ3n) is 3.51. The number of carbonyl (C=O) groups excluding carboxylic acids is 1. The van der Waals surface area contributed by atoms with Gasteiger partial charge in [-0.05, 0) is 29.8 Å².